The van der Waals surface area contributed by atoms with E-state index >= 15 is 0 Å². The second-order valence-corrected chi connectivity index (χ2v) is 4.87. The van der Waals surface area contributed by atoms with Gasteiger partial charge in [0.1, 0.15) is 6.29 Å². The van der Waals surface area contributed by atoms with E-state index in [9.17, 15) is 9.28 Å². The quantitative estimate of drug-likeness (QED) is 0.353. The van der Waals surface area contributed by atoms with E-state index in [2.05, 4.69) is 6.92 Å². The zero-order valence-electron chi connectivity index (χ0n) is 11.8. The topological polar surface area (TPSA) is 20.3 Å². The molecule has 0 spiro atoms. The molecule has 1 rings (SSSR count). The number of aryl methyl sites for hydroxylation is 1. The molecule has 106 valence electrons. The number of hydrogen-bond acceptors (Lipinski definition) is 2. The van der Waals surface area contributed by atoms with Crippen LogP contribution in [0.1, 0.15) is 51.0 Å². The monoisotopic (exact) mass is 265 g/mol. The van der Waals surface area contributed by atoms with Gasteiger partial charge in [-0.1, -0.05) is 42.8 Å². The Morgan fingerprint density at radius 3 is 2.47 bits per heavy atom. The van der Waals surface area contributed by atoms with Crippen LogP contribution >= 0.6 is 0 Å². The molecule has 0 heterocycles. The average Bonchev–Trinajstić information content (AvgIpc) is 2.44. The van der Waals surface area contributed by atoms with Crippen molar-refractivity contribution < 1.29 is 9.28 Å². The third-order valence-electron chi connectivity index (χ3n) is 3.21. The van der Waals surface area contributed by atoms with Crippen molar-refractivity contribution in [1.82, 2.24) is 0 Å². The first-order valence-corrected chi connectivity index (χ1v) is 7.23. The molecule has 0 saturated carbocycles. The predicted octanol–water partition coefficient (Wildman–Crippen LogP) is 4.48. The van der Waals surface area contributed by atoms with Crippen molar-refractivity contribution in [3.05, 3.63) is 29.8 Å². The fourth-order valence-electron chi connectivity index (χ4n) is 2.02. The minimum atomic E-state index is 0.272. The molecule has 3 heteroatoms. The van der Waals surface area contributed by atoms with Crippen molar-refractivity contribution in [1.29, 1.82) is 0 Å². The van der Waals surface area contributed by atoms with Gasteiger partial charge in [-0.3, -0.25) is 0 Å². The maximum atomic E-state index is 13.7. The number of hydrogen-bond donors (Lipinski definition) is 0. The molecule has 1 aromatic carbocycles. The van der Waals surface area contributed by atoms with E-state index < -0.39 is 0 Å². The fraction of sp³-hybridized carbons (Fsp3) is 0.562. The van der Waals surface area contributed by atoms with Gasteiger partial charge in [-0.05, 0) is 37.0 Å². The third-order valence-corrected chi connectivity index (χ3v) is 3.21. The minimum Gasteiger partial charge on any atom is -0.303 e. The summed E-state index contributed by atoms with van der Waals surface area (Å²) in [5.74, 6) is 0. The zero-order chi connectivity index (χ0) is 13.9. The molecule has 0 radical (unpaired) electrons. The second-order valence-electron chi connectivity index (χ2n) is 4.87. The summed E-state index contributed by atoms with van der Waals surface area (Å²) in [4.78, 5) is 10.2. The van der Waals surface area contributed by atoms with E-state index in [-0.39, 0.29) is 6.54 Å². The molecule has 0 aliphatic carbocycles. The number of benzene rings is 1. The van der Waals surface area contributed by atoms with Gasteiger partial charge < -0.3 is 4.79 Å². The number of rotatable bonds is 10. The molecule has 0 aliphatic heterocycles. The standard InChI is InChI=1S/C16H24FNO/c1-2-3-4-5-8-15-9-11-16(12-10-15)18(17)13-6-7-14-19/h9-12,14H,2-8,13H2,1H3. The lowest BCUT2D eigenvalue weighted by Crippen LogP contribution is -2.13. The van der Waals surface area contributed by atoms with Crippen molar-refractivity contribution in [3.63, 3.8) is 0 Å². The van der Waals surface area contributed by atoms with Gasteiger partial charge in [-0.25, -0.2) is 5.12 Å². The lowest BCUT2D eigenvalue weighted by molar-refractivity contribution is -0.107. The van der Waals surface area contributed by atoms with Gasteiger partial charge in [-0.15, -0.1) is 0 Å². The van der Waals surface area contributed by atoms with E-state index in [1.54, 1.807) is 0 Å². The number of carbonyl (C=O) groups excluding carboxylic acids is 1. The summed E-state index contributed by atoms with van der Waals surface area (Å²) in [6.07, 6.45) is 7.86. The van der Waals surface area contributed by atoms with Crippen LogP contribution in [0.3, 0.4) is 0 Å². The summed E-state index contributed by atoms with van der Waals surface area (Å²) in [7, 11) is 0. The van der Waals surface area contributed by atoms with Crippen LogP contribution in [-0.2, 0) is 11.2 Å². The molecule has 0 aromatic heterocycles. The summed E-state index contributed by atoms with van der Waals surface area (Å²) in [6.45, 7) is 2.48. The molecule has 1 aromatic rings. The first kappa shape index (κ1) is 15.7. The van der Waals surface area contributed by atoms with Crippen molar-refractivity contribution in [3.8, 4) is 0 Å². The van der Waals surface area contributed by atoms with E-state index in [4.69, 9.17) is 0 Å². The molecule has 0 bridgehead atoms. The SMILES string of the molecule is CCCCCCc1ccc(N(F)CCCC=O)cc1. The molecule has 0 saturated heterocycles. The highest BCUT2D eigenvalue weighted by molar-refractivity contribution is 5.49. The van der Waals surface area contributed by atoms with Crippen LogP contribution in [0.2, 0.25) is 0 Å². The third kappa shape index (κ3) is 6.37. The summed E-state index contributed by atoms with van der Waals surface area (Å²) in [5.41, 5.74) is 1.84. The number of carbonyl (C=O) groups is 1. The Kier molecular flexibility index (Phi) is 7.87. The maximum absolute atomic E-state index is 13.7. The van der Waals surface area contributed by atoms with Crippen LogP contribution < -0.4 is 5.12 Å². The molecule has 0 N–H and O–H groups in total. The molecule has 0 aliphatic rings. The van der Waals surface area contributed by atoms with E-state index in [1.807, 2.05) is 24.3 Å². The van der Waals surface area contributed by atoms with Gasteiger partial charge in [0.05, 0.1) is 12.2 Å². The van der Waals surface area contributed by atoms with Gasteiger partial charge in [0, 0.05) is 6.42 Å². The van der Waals surface area contributed by atoms with Gasteiger partial charge in [0.2, 0.25) is 0 Å². The highest BCUT2D eigenvalue weighted by Crippen LogP contribution is 2.17. The van der Waals surface area contributed by atoms with E-state index in [1.165, 1.54) is 31.2 Å². The first-order valence-electron chi connectivity index (χ1n) is 7.23. The number of aldehydes is 1. The van der Waals surface area contributed by atoms with Gasteiger partial charge in [0.15, 0.2) is 0 Å². The lowest BCUT2D eigenvalue weighted by atomic mass is 10.1. The zero-order valence-corrected chi connectivity index (χ0v) is 11.8. The number of nitrogens with zero attached hydrogens (tertiary/aromatic N) is 1. The van der Waals surface area contributed by atoms with Crippen molar-refractivity contribution in [2.24, 2.45) is 0 Å². The molecule has 19 heavy (non-hydrogen) atoms. The van der Waals surface area contributed by atoms with Crippen molar-refractivity contribution in [2.75, 3.05) is 11.7 Å². The Balaban J connectivity index is 2.35. The first-order chi connectivity index (χ1) is 9.27. The Bertz CT molecular complexity index is 350. The Morgan fingerprint density at radius 1 is 1.11 bits per heavy atom. The van der Waals surface area contributed by atoms with Crippen LogP contribution in [0.4, 0.5) is 10.2 Å². The molecule has 0 atom stereocenters. The summed E-state index contributed by atoms with van der Waals surface area (Å²) in [5, 5.41) is 0.713. The van der Waals surface area contributed by atoms with E-state index in [0.29, 0.717) is 23.7 Å². The highest BCUT2D eigenvalue weighted by atomic mass is 19.2. The van der Waals surface area contributed by atoms with Crippen LogP contribution in [-0.4, -0.2) is 12.8 Å². The highest BCUT2D eigenvalue weighted by Gasteiger charge is 2.04. The lowest BCUT2D eigenvalue weighted by Gasteiger charge is -2.13. The maximum Gasteiger partial charge on any atom is 0.120 e. The number of anilines is 1. The van der Waals surface area contributed by atoms with Crippen LogP contribution in [0.5, 0.6) is 0 Å². The van der Waals surface area contributed by atoms with Gasteiger partial charge >= 0.3 is 0 Å². The average molecular weight is 265 g/mol. The minimum absolute atomic E-state index is 0.272. The summed E-state index contributed by atoms with van der Waals surface area (Å²) < 4.78 is 13.7. The molecular formula is C16H24FNO. The summed E-state index contributed by atoms with van der Waals surface area (Å²) in [6, 6.07) is 7.62. The van der Waals surface area contributed by atoms with Crippen LogP contribution in [0.25, 0.3) is 0 Å². The van der Waals surface area contributed by atoms with Crippen LogP contribution in [0.15, 0.2) is 24.3 Å². The molecular weight excluding hydrogens is 241 g/mol. The van der Waals surface area contributed by atoms with Crippen LogP contribution in [0, 0.1) is 0 Å². The fourth-order valence-corrected chi connectivity index (χ4v) is 2.02. The molecule has 0 fully saturated rings. The molecule has 2 nitrogen and oxygen atoms in total. The second kappa shape index (κ2) is 9.54. The number of unbranched alkanes of at least 4 members (excludes halogenated alkanes) is 4. The normalized spacial score (nSPS) is 10.4. The van der Waals surface area contributed by atoms with Gasteiger partial charge in [-0.2, -0.15) is 0 Å². The van der Waals surface area contributed by atoms with Crippen molar-refractivity contribution in [2.45, 2.75) is 51.9 Å². The van der Waals surface area contributed by atoms with E-state index in [0.717, 1.165) is 12.7 Å². The smallest absolute Gasteiger partial charge is 0.120 e. The Labute approximate surface area is 115 Å². The predicted molar refractivity (Wildman–Crippen MR) is 78.0 cm³/mol. The summed E-state index contributed by atoms with van der Waals surface area (Å²) >= 11 is 0. The Hall–Kier alpha value is -1.38. The van der Waals surface area contributed by atoms with Crippen molar-refractivity contribution >= 4 is 12.0 Å². The molecule has 0 unspecified atom stereocenters. The largest absolute Gasteiger partial charge is 0.303 e. The van der Waals surface area contributed by atoms with Gasteiger partial charge in [0.25, 0.3) is 0 Å². The Morgan fingerprint density at radius 2 is 1.84 bits per heavy atom. The molecule has 0 amide bonds. The number of halogens is 1.